The third kappa shape index (κ3) is 5.52. The number of aliphatic imine (C=N–C) groups is 1. The molecule has 0 bridgehead atoms. The molecule has 0 spiro atoms. The van der Waals surface area contributed by atoms with E-state index in [1.54, 1.807) is 19.2 Å². The lowest BCUT2D eigenvalue weighted by molar-refractivity contribution is 0.102. The van der Waals surface area contributed by atoms with Crippen LogP contribution in [-0.2, 0) is 11.3 Å². The number of fused-ring (bicyclic) bond motifs is 2. The SMILES string of the molecule is COCCOc1ccc2nc(-c3cccc(NC(=O)c4ccccc4)c3)nc(Nc3ccc4c(c3)C=NC4)c2c1. The number of benzene rings is 4. The molecular formula is C32H27N5O3. The van der Waals surface area contributed by atoms with E-state index in [0.29, 0.717) is 48.4 Å². The first-order chi connectivity index (χ1) is 19.7. The number of hydrogen-bond donors (Lipinski definition) is 2. The van der Waals surface area contributed by atoms with Gasteiger partial charge in [-0.05, 0) is 65.7 Å². The van der Waals surface area contributed by atoms with Gasteiger partial charge < -0.3 is 20.1 Å². The van der Waals surface area contributed by atoms with E-state index in [4.69, 9.17) is 19.4 Å². The molecule has 0 unspecified atom stereocenters. The van der Waals surface area contributed by atoms with Crippen LogP contribution in [0.3, 0.4) is 0 Å². The van der Waals surface area contributed by atoms with Crippen LogP contribution in [0.25, 0.3) is 22.3 Å². The number of aromatic nitrogens is 2. The smallest absolute Gasteiger partial charge is 0.255 e. The van der Waals surface area contributed by atoms with Crippen molar-refractivity contribution < 1.29 is 14.3 Å². The molecule has 1 aliphatic rings. The lowest BCUT2D eigenvalue weighted by Gasteiger charge is -2.14. The number of carbonyl (C=O) groups is 1. The number of ether oxygens (including phenoxy) is 2. The number of nitrogens with zero attached hydrogens (tertiary/aromatic N) is 3. The van der Waals surface area contributed by atoms with Crippen molar-refractivity contribution in [1.29, 1.82) is 0 Å². The van der Waals surface area contributed by atoms with Crippen LogP contribution in [0.1, 0.15) is 21.5 Å². The average molecular weight is 530 g/mol. The average Bonchev–Trinajstić information content (AvgIpc) is 3.46. The second kappa shape index (κ2) is 11.3. The van der Waals surface area contributed by atoms with Crippen molar-refractivity contribution in [2.45, 2.75) is 6.54 Å². The molecule has 0 radical (unpaired) electrons. The summed E-state index contributed by atoms with van der Waals surface area (Å²) in [6.45, 7) is 1.64. The third-order valence-electron chi connectivity index (χ3n) is 6.54. The summed E-state index contributed by atoms with van der Waals surface area (Å²) < 4.78 is 11.0. The first-order valence-corrected chi connectivity index (χ1v) is 13.0. The molecular weight excluding hydrogens is 502 g/mol. The fraction of sp³-hybridized carbons (Fsp3) is 0.125. The molecule has 1 aromatic heterocycles. The number of carbonyl (C=O) groups excluding carboxylic acids is 1. The largest absolute Gasteiger partial charge is 0.491 e. The zero-order chi connectivity index (χ0) is 27.3. The Morgan fingerprint density at radius 1 is 0.875 bits per heavy atom. The van der Waals surface area contributed by atoms with Crippen LogP contribution in [0.5, 0.6) is 5.75 Å². The summed E-state index contributed by atoms with van der Waals surface area (Å²) in [5.74, 6) is 1.70. The summed E-state index contributed by atoms with van der Waals surface area (Å²) >= 11 is 0. The quantitative estimate of drug-likeness (QED) is 0.219. The highest BCUT2D eigenvalue weighted by Crippen LogP contribution is 2.32. The second-order valence-corrected chi connectivity index (χ2v) is 9.33. The molecule has 2 N–H and O–H groups in total. The van der Waals surface area contributed by atoms with E-state index < -0.39 is 0 Å². The molecule has 4 aromatic carbocycles. The highest BCUT2D eigenvalue weighted by Gasteiger charge is 2.14. The first kappa shape index (κ1) is 25.2. The van der Waals surface area contributed by atoms with Gasteiger partial charge in [-0.3, -0.25) is 9.79 Å². The Labute approximate surface area is 231 Å². The molecule has 0 fully saturated rings. The summed E-state index contributed by atoms with van der Waals surface area (Å²) in [7, 11) is 1.64. The van der Waals surface area contributed by atoms with Crippen LogP contribution in [0.15, 0.2) is 96.0 Å². The van der Waals surface area contributed by atoms with Crippen molar-refractivity contribution in [1.82, 2.24) is 9.97 Å². The van der Waals surface area contributed by atoms with Crippen LogP contribution in [0.4, 0.5) is 17.2 Å². The van der Waals surface area contributed by atoms with E-state index in [9.17, 15) is 4.79 Å². The lowest BCUT2D eigenvalue weighted by Crippen LogP contribution is -2.11. The van der Waals surface area contributed by atoms with Crippen LogP contribution in [0, 0.1) is 0 Å². The highest BCUT2D eigenvalue weighted by atomic mass is 16.5. The van der Waals surface area contributed by atoms with E-state index in [2.05, 4.69) is 27.8 Å². The van der Waals surface area contributed by atoms with Gasteiger partial charge in [0.2, 0.25) is 0 Å². The Bertz CT molecular complexity index is 1720. The number of hydrogen-bond acceptors (Lipinski definition) is 7. The van der Waals surface area contributed by atoms with E-state index in [1.165, 1.54) is 5.56 Å². The zero-order valence-electron chi connectivity index (χ0n) is 21.9. The molecule has 1 aliphatic heterocycles. The fourth-order valence-corrected chi connectivity index (χ4v) is 4.51. The maximum absolute atomic E-state index is 12.7. The molecule has 0 saturated heterocycles. The van der Waals surface area contributed by atoms with Gasteiger partial charge in [0.25, 0.3) is 5.91 Å². The van der Waals surface area contributed by atoms with Crippen molar-refractivity contribution in [3.63, 3.8) is 0 Å². The van der Waals surface area contributed by atoms with Gasteiger partial charge in [0, 0.05) is 41.2 Å². The van der Waals surface area contributed by atoms with Crippen LogP contribution < -0.4 is 15.4 Å². The summed E-state index contributed by atoms with van der Waals surface area (Å²) in [6.07, 6.45) is 1.89. The number of methoxy groups -OCH3 is 1. The highest BCUT2D eigenvalue weighted by molar-refractivity contribution is 6.04. The van der Waals surface area contributed by atoms with Gasteiger partial charge in [-0.25, -0.2) is 9.97 Å². The summed E-state index contributed by atoms with van der Waals surface area (Å²) in [4.78, 5) is 26.9. The summed E-state index contributed by atoms with van der Waals surface area (Å²) in [6, 6.07) is 28.6. The molecule has 8 heteroatoms. The predicted molar refractivity (Wildman–Crippen MR) is 158 cm³/mol. The molecule has 5 aromatic rings. The Morgan fingerprint density at radius 2 is 1.77 bits per heavy atom. The maximum atomic E-state index is 12.7. The van der Waals surface area contributed by atoms with Gasteiger partial charge >= 0.3 is 0 Å². The van der Waals surface area contributed by atoms with E-state index in [-0.39, 0.29) is 5.91 Å². The molecule has 0 saturated carbocycles. The van der Waals surface area contributed by atoms with Crippen LogP contribution >= 0.6 is 0 Å². The third-order valence-corrected chi connectivity index (χ3v) is 6.54. The summed E-state index contributed by atoms with van der Waals surface area (Å²) in [5.41, 5.74) is 5.96. The standard InChI is InChI=1S/C32H27N5O3/c1-39-14-15-40-27-12-13-29-28(18-27)31(34-26-11-10-23-19-33-20-24(23)17-26)37-30(36-29)22-8-5-9-25(16-22)35-32(38)21-6-3-2-4-7-21/h2-13,16-18,20H,14-15,19H2,1H3,(H,35,38)(H,34,36,37). The lowest BCUT2D eigenvalue weighted by atomic mass is 10.1. The fourth-order valence-electron chi connectivity index (χ4n) is 4.51. The molecule has 6 rings (SSSR count). The van der Waals surface area contributed by atoms with Gasteiger partial charge in [0.05, 0.1) is 18.7 Å². The minimum Gasteiger partial charge on any atom is -0.491 e. The number of nitrogens with one attached hydrogen (secondary N) is 2. The monoisotopic (exact) mass is 529 g/mol. The van der Waals surface area contributed by atoms with Crippen LogP contribution in [-0.4, -0.2) is 42.4 Å². The molecule has 8 nitrogen and oxygen atoms in total. The molecule has 40 heavy (non-hydrogen) atoms. The molecule has 198 valence electrons. The Hall–Kier alpha value is -5.08. The molecule has 0 aliphatic carbocycles. The maximum Gasteiger partial charge on any atom is 0.255 e. The number of anilines is 3. The normalized spacial score (nSPS) is 11.8. The molecule has 2 heterocycles. The van der Waals surface area contributed by atoms with Crippen LogP contribution in [0.2, 0.25) is 0 Å². The van der Waals surface area contributed by atoms with Crippen molar-refractivity contribution in [2.75, 3.05) is 31.0 Å². The van der Waals surface area contributed by atoms with Crippen molar-refractivity contribution >= 4 is 40.2 Å². The molecule has 1 amide bonds. The van der Waals surface area contributed by atoms with E-state index in [1.807, 2.05) is 72.9 Å². The van der Waals surface area contributed by atoms with Crippen molar-refractivity contribution in [3.05, 3.63) is 108 Å². The van der Waals surface area contributed by atoms with Crippen molar-refractivity contribution in [2.24, 2.45) is 4.99 Å². The van der Waals surface area contributed by atoms with Gasteiger partial charge in [-0.1, -0.05) is 36.4 Å². The van der Waals surface area contributed by atoms with Gasteiger partial charge in [0.1, 0.15) is 18.2 Å². The predicted octanol–water partition coefficient (Wildman–Crippen LogP) is 6.25. The van der Waals surface area contributed by atoms with Crippen molar-refractivity contribution in [3.8, 4) is 17.1 Å². The Kier molecular flexibility index (Phi) is 7.15. The number of rotatable bonds is 9. The van der Waals surface area contributed by atoms with E-state index >= 15 is 0 Å². The second-order valence-electron chi connectivity index (χ2n) is 9.33. The minimum atomic E-state index is -0.180. The number of amides is 1. The minimum absolute atomic E-state index is 0.180. The van der Waals surface area contributed by atoms with Gasteiger partial charge in [-0.2, -0.15) is 0 Å². The summed E-state index contributed by atoms with van der Waals surface area (Å²) in [5, 5.41) is 7.27. The van der Waals surface area contributed by atoms with E-state index in [0.717, 1.165) is 27.7 Å². The first-order valence-electron chi connectivity index (χ1n) is 13.0. The Balaban J connectivity index is 1.36. The Morgan fingerprint density at radius 3 is 2.65 bits per heavy atom. The van der Waals surface area contributed by atoms with Gasteiger partial charge in [-0.15, -0.1) is 0 Å². The van der Waals surface area contributed by atoms with Gasteiger partial charge in [0.15, 0.2) is 5.82 Å². The zero-order valence-corrected chi connectivity index (χ0v) is 21.9. The topological polar surface area (TPSA) is 97.7 Å². The molecule has 0 atom stereocenters.